The van der Waals surface area contributed by atoms with Crippen molar-refractivity contribution in [1.82, 2.24) is 5.43 Å². The molecule has 0 saturated heterocycles. The third kappa shape index (κ3) is 0.804. The summed E-state index contributed by atoms with van der Waals surface area (Å²) in [4.78, 5) is 0. The summed E-state index contributed by atoms with van der Waals surface area (Å²) >= 11 is 0. The lowest BCUT2D eigenvalue weighted by Crippen LogP contribution is -2.23. The first-order chi connectivity index (χ1) is 3.80. The minimum Gasteiger partial charge on any atom is -0.382 e. The average Bonchev–Trinajstić information content (AvgIpc) is 1.77. The number of rotatable bonds is 0. The topological polar surface area (TPSA) is 50.4 Å². The van der Waals surface area contributed by atoms with E-state index in [0.717, 1.165) is 12.1 Å². The molecule has 0 aromatic rings. The first kappa shape index (κ1) is 5.15. The summed E-state index contributed by atoms with van der Waals surface area (Å²) in [5.74, 6) is 0.594. The summed E-state index contributed by atoms with van der Waals surface area (Å²) in [5, 5.41) is 3.79. The van der Waals surface area contributed by atoms with E-state index in [1.54, 1.807) is 0 Å². The van der Waals surface area contributed by atoms with Gasteiger partial charge in [0.25, 0.3) is 0 Å². The molecule has 1 aliphatic rings. The molecule has 1 heterocycles. The number of nitrogens with one attached hydrogen (secondary N) is 1. The Kier molecular flexibility index (Phi) is 1.20. The molecule has 8 heavy (non-hydrogen) atoms. The highest BCUT2D eigenvalue weighted by Gasteiger charge is 1.97. The average molecular weight is 111 g/mol. The van der Waals surface area contributed by atoms with Crippen molar-refractivity contribution >= 4 is 5.84 Å². The molecule has 0 bridgehead atoms. The van der Waals surface area contributed by atoms with E-state index in [9.17, 15) is 0 Å². The predicted octanol–water partition coefficient (Wildman–Crippen LogP) is -0.192. The van der Waals surface area contributed by atoms with E-state index in [4.69, 9.17) is 5.73 Å². The molecule has 0 saturated carbocycles. The molecule has 0 atom stereocenters. The van der Waals surface area contributed by atoms with Crippen molar-refractivity contribution in [2.75, 3.05) is 6.54 Å². The molecule has 3 heteroatoms. The molecular weight excluding hydrogens is 102 g/mol. The zero-order valence-corrected chi connectivity index (χ0v) is 4.81. The minimum absolute atomic E-state index is 0.594. The van der Waals surface area contributed by atoms with Crippen LogP contribution in [0.2, 0.25) is 0 Å². The molecule has 0 aromatic heterocycles. The summed E-state index contributed by atoms with van der Waals surface area (Å²) in [6.45, 7) is 2.74. The van der Waals surface area contributed by atoms with Crippen LogP contribution in [-0.4, -0.2) is 12.4 Å². The van der Waals surface area contributed by atoms with Crippen molar-refractivity contribution in [3.8, 4) is 0 Å². The van der Waals surface area contributed by atoms with Crippen LogP contribution in [0.1, 0.15) is 6.92 Å². The van der Waals surface area contributed by atoms with E-state index in [1.165, 1.54) is 0 Å². The molecule has 0 radical (unpaired) electrons. The van der Waals surface area contributed by atoms with Gasteiger partial charge in [-0.25, -0.2) is 0 Å². The molecule has 0 aromatic carbocycles. The van der Waals surface area contributed by atoms with Gasteiger partial charge in [-0.3, -0.25) is 0 Å². The molecule has 0 amide bonds. The van der Waals surface area contributed by atoms with Crippen LogP contribution < -0.4 is 11.2 Å². The Bertz CT molecular complexity index is 128. The van der Waals surface area contributed by atoms with E-state index in [0.29, 0.717) is 5.84 Å². The van der Waals surface area contributed by atoms with Gasteiger partial charge in [-0.2, -0.15) is 5.10 Å². The zero-order valence-electron chi connectivity index (χ0n) is 4.81. The number of hydrogen-bond acceptors (Lipinski definition) is 3. The van der Waals surface area contributed by atoms with Crippen LogP contribution in [0.5, 0.6) is 0 Å². The Labute approximate surface area is 48.3 Å². The van der Waals surface area contributed by atoms with Gasteiger partial charge in [0.2, 0.25) is 0 Å². The summed E-state index contributed by atoms with van der Waals surface area (Å²) in [5.41, 5.74) is 9.21. The summed E-state index contributed by atoms with van der Waals surface area (Å²) in [6.07, 6.45) is 2.00. The van der Waals surface area contributed by atoms with Gasteiger partial charge in [-0.05, 0) is 12.5 Å². The van der Waals surface area contributed by atoms with Crippen LogP contribution in [0.15, 0.2) is 16.8 Å². The maximum atomic E-state index is 5.40. The zero-order chi connectivity index (χ0) is 5.98. The second-order valence-electron chi connectivity index (χ2n) is 1.75. The van der Waals surface area contributed by atoms with Crippen molar-refractivity contribution in [3.05, 3.63) is 11.6 Å². The van der Waals surface area contributed by atoms with Gasteiger partial charge in [0.15, 0.2) is 0 Å². The smallest absolute Gasteiger partial charge is 0.145 e. The summed E-state index contributed by atoms with van der Waals surface area (Å²) < 4.78 is 0. The molecule has 0 aliphatic carbocycles. The Morgan fingerprint density at radius 1 is 1.88 bits per heavy atom. The van der Waals surface area contributed by atoms with Gasteiger partial charge in [-0.15, -0.1) is 0 Å². The number of hydrogen-bond donors (Lipinski definition) is 2. The van der Waals surface area contributed by atoms with E-state index >= 15 is 0 Å². The molecule has 0 spiro atoms. The first-order valence-corrected chi connectivity index (χ1v) is 2.54. The maximum Gasteiger partial charge on any atom is 0.145 e. The molecule has 0 unspecified atom stereocenters. The third-order valence-electron chi connectivity index (χ3n) is 1.10. The van der Waals surface area contributed by atoms with Gasteiger partial charge in [-0.1, -0.05) is 6.08 Å². The minimum atomic E-state index is 0.594. The molecular formula is C5H9N3. The van der Waals surface area contributed by atoms with Crippen LogP contribution >= 0.6 is 0 Å². The van der Waals surface area contributed by atoms with Crippen molar-refractivity contribution in [3.63, 3.8) is 0 Å². The number of nitrogens with two attached hydrogens (primary N) is 1. The molecule has 1 aliphatic heterocycles. The van der Waals surface area contributed by atoms with Gasteiger partial charge in [0.1, 0.15) is 5.84 Å². The standard InChI is InChI=1S/C5H9N3/c1-4-2-3-7-8-5(4)6/h2,7H,3H2,1H3,(H2,6,8). The van der Waals surface area contributed by atoms with Gasteiger partial charge in [0, 0.05) is 0 Å². The first-order valence-electron chi connectivity index (χ1n) is 2.54. The van der Waals surface area contributed by atoms with Crippen molar-refractivity contribution in [2.45, 2.75) is 6.92 Å². The van der Waals surface area contributed by atoms with Crippen molar-refractivity contribution in [2.24, 2.45) is 10.8 Å². The summed E-state index contributed by atoms with van der Waals surface area (Å²) in [6, 6.07) is 0. The maximum absolute atomic E-state index is 5.40. The fourth-order valence-electron chi connectivity index (χ4n) is 0.522. The normalized spacial score (nSPS) is 18.6. The fraction of sp³-hybridized carbons (Fsp3) is 0.400. The number of hydrazone groups is 1. The van der Waals surface area contributed by atoms with E-state index < -0.39 is 0 Å². The molecule has 0 fully saturated rings. The van der Waals surface area contributed by atoms with E-state index in [2.05, 4.69) is 10.5 Å². The molecule has 3 nitrogen and oxygen atoms in total. The predicted molar refractivity (Wildman–Crippen MR) is 33.4 cm³/mol. The monoisotopic (exact) mass is 111 g/mol. The molecule has 3 N–H and O–H groups in total. The Balaban J connectivity index is 2.73. The lowest BCUT2D eigenvalue weighted by atomic mass is 10.2. The van der Waals surface area contributed by atoms with Crippen LogP contribution in [-0.2, 0) is 0 Å². The summed E-state index contributed by atoms with van der Waals surface area (Å²) in [7, 11) is 0. The number of amidine groups is 1. The highest BCUT2D eigenvalue weighted by atomic mass is 15.3. The van der Waals surface area contributed by atoms with Gasteiger partial charge in [0.05, 0.1) is 6.54 Å². The SMILES string of the molecule is CC1=CCNN=C1N. The van der Waals surface area contributed by atoms with E-state index in [1.807, 2.05) is 13.0 Å². The van der Waals surface area contributed by atoms with Gasteiger partial charge < -0.3 is 11.2 Å². The molecule has 1 rings (SSSR count). The lowest BCUT2D eigenvalue weighted by molar-refractivity contribution is 0.807. The van der Waals surface area contributed by atoms with Crippen molar-refractivity contribution in [1.29, 1.82) is 0 Å². The quantitative estimate of drug-likeness (QED) is 0.455. The Morgan fingerprint density at radius 2 is 2.62 bits per heavy atom. The van der Waals surface area contributed by atoms with Crippen LogP contribution in [0.25, 0.3) is 0 Å². The highest BCUT2D eigenvalue weighted by molar-refractivity contribution is 5.96. The van der Waals surface area contributed by atoms with Gasteiger partial charge >= 0.3 is 0 Å². The highest BCUT2D eigenvalue weighted by Crippen LogP contribution is 1.93. The van der Waals surface area contributed by atoms with Crippen molar-refractivity contribution < 1.29 is 0 Å². The number of nitrogens with zero attached hydrogens (tertiary/aromatic N) is 1. The van der Waals surface area contributed by atoms with E-state index in [-0.39, 0.29) is 0 Å². The largest absolute Gasteiger partial charge is 0.382 e. The van der Waals surface area contributed by atoms with Crippen LogP contribution in [0.4, 0.5) is 0 Å². The fourth-order valence-corrected chi connectivity index (χ4v) is 0.522. The van der Waals surface area contributed by atoms with Crippen LogP contribution in [0.3, 0.4) is 0 Å². The Morgan fingerprint density at radius 3 is 3.00 bits per heavy atom. The second kappa shape index (κ2) is 1.86. The molecule has 44 valence electrons. The lowest BCUT2D eigenvalue weighted by Gasteiger charge is -2.06. The second-order valence-corrected chi connectivity index (χ2v) is 1.75. The Hall–Kier alpha value is -0.990. The third-order valence-corrected chi connectivity index (χ3v) is 1.10. The van der Waals surface area contributed by atoms with Crippen LogP contribution in [0, 0.1) is 0 Å².